The number of aromatic nitrogens is 1. The molecule has 2 rings (SSSR count). The molecule has 19 heavy (non-hydrogen) atoms. The molecular weight excluding hydrogens is 236 g/mol. The number of rotatable bonds is 5. The van der Waals surface area contributed by atoms with E-state index in [1.54, 1.807) is 7.11 Å². The van der Waals surface area contributed by atoms with Crippen LogP contribution in [0, 0.1) is 0 Å². The standard InChI is InChI=1S/C16H26N2O/c1-3-11-17-14-9-6-4-5-8-13(14)16-15(19-2)10-7-12-18-16/h7,10,12-14,17H,3-6,8-9,11H2,1-2H3. The molecule has 1 N–H and O–H groups in total. The molecule has 0 amide bonds. The first-order chi connectivity index (χ1) is 9.36. The molecule has 1 heterocycles. The molecule has 0 radical (unpaired) electrons. The second kappa shape index (κ2) is 7.49. The first-order valence-electron chi connectivity index (χ1n) is 7.59. The Morgan fingerprint density at radius 1 is 1.32 bits per heavy atom. The summed E-state index contributed by atoms with van der Waals surface area (Å²) in [6, 6.07) is 4.53. The van der Waals surface area contributed by atoms with E-state index in [-0.39, 0.29) is 0 Å². The molecule has 1 aliphatic carbocycles. The molecule has 1 fully saturated rings. The van der Waals surface area contributed by atoms with Gasteiger partial charge in [-0.25, -0.2) is 0 Å². The van der Waals surface area contributed by atoms with Gasteiger partial charge >= 0.3 is 0 Å². The van der Waals surface area contributed by atoms with Crippen LogP contribution in [0.4, 0.5) is 0 Å². The maximum atomic E-state index is 5.50. The van der Waals surface area contributed by atoms with E-state index < -0.39 is 0 Å². The van der Waals surface area contributed by atoms with Crippen LogP contribution in [0.1, 0.15) is 57.1 Å². The topological polar surface area (TPSA) is 34.2 Å². The maximum Gasteiger partial charge on any atom is 0.140 e. The van der Waals surface area contributed by atoms with E-state index in [2.05, 4.69) is 17.2 Å². The number of hydrogen-bond acceptors (Lipinski definition) is 3. The van der Waals surface area contributed by atoms with Gasteiger partial charge < -0.3 is 10.1 Å². The van der Waals surface area contributed by atoms with Crippen LogP contribution >= 0.6 is 0 Å². The van der Waals surface area contributed by atoms with E-state index in [0.29, 0.717) is 12.0 Å². The van der Waals surface area contributed by atoms with Gasteiger partial charge in [-0.3, -0.25) is 4.98 Å². The predicted molar refractivity (Wildman–Crippen MR) is 78.7 cm³/mol. The minimum Gasteiger partial charge on any atom is -0.495 e. The summed E-state index contributed by atoms with van der Waals surface area (Å²) in [5.41, 5.74) is 1.14. The fraction of sp³-hybridized carbons (Fsp3) is 0.688. The average molecular weight is 262 g/mol. The Morgan fingerprint density at radius 3 is 2.95 bits per heavy atom. The van der Waals surface area contributed by atoms with Crippen molar-refractivity contribution in [3.63, 3.8) is 0 Å². The lowest BCUT2D eigenvalue weighted by Crippen LogP contribution is -2.35. The molecule has 0 aromatic carbocycles. The zero-order chi connectivity index (χ0) is 13.5. The van der Waals surface area contributed by atoms with E-state index in [1.807, 2.05) is 18.3 Å². The SMILES string of the molecule is CCCNC1CCCCCC1c1ncccc1OC. The summed E-state index contributed by atoms with van der Waals surface area (Å²) in [7, 11) is 1.74. The third-order valence-corrected chi connectivity index (χ3v) is 4.04. The Bertz CT molecular complexity index is 381. The molecule has 0 bridgehead atoms. The van der Waals surface area contributed by atoms with Crippen molar-refractivity contribution in [1.82, 2.24) is 10.3 Å². The third-order valence-electron chi connectivity index (χ3n) is 4.04. The summed E-state index contributed by atoms with van der Waals surface area (Å²) in [5.74, 6) is 1.43. The van der Waals surface area contributed by atoms with Crippen molar-refractivity contribution in [3.8, 4) is 5.75 Å². The van der Waals surface area contributed by atoms with E-state index in [1.165, 1.54) is 38.5 Å². The number of hydrogen-bond donors (Lipinski definition) is 1. The van der Waals surface area contributed by atoms with Gasteiger partial charge in [-0.05, 0) is 37.9 Å². The third kappa shape index (κ3) is 3.69. The zero-order valence-corrected chi connectivity index (χ0v) is 12.2. The molecule has 3 nitrogen and oxygen atoms in total. The van der Waals surface area contributed by atoms with Crippen LogP contribution in [0.3, 0.4) is 0 Å². The molecule has 1 aromatic heterocycles. The summed E-state index contributed by atoms with van der Waals surface area (Å²) in [6.07, 6.45) is 9.51. The number of pyridine rings is 1. The van der Waals surface area contributed by atoms with Crippen molar-refractivity contribution >= 4 is 0 Å². The summed E-state index contributed by atoms with van der Waals surface area (Å²) >= 11 is 0. The first kappa shape index (κ1) is 14.3. The minimum absolute atomic E-state index is 0.491. The Balaban J connectivity index is 2.20. The molecule has 2 unspecified atom stereocenters. The number of ether oxygens (including phenoxy) is 1. The Hall–Kier alpha value is -1.09. The highest BCUT2D eigenvalue weighted by atomic mass is 16.5. The fourth-order valence-electron chi connectivity index (χ4n) is 3.06. The van der Waals surface area contributed by atoms with E-state index in [0.717, 1.165) is 18.0 Å². The average Bonchev–Trinajstić information content (AvgIpc) is 2.70. The summed E-state index contributed by atoms with van der Waals surface area (Å²) < 4.78 is 5.50. The summed E-state index contributed by atoms with van der Waals surface area (Å²) in [5, 5.41) is 3.72. The highest BCUT2D eigenvalue weighted by molar-refractivity contribution is 5.31. The van der Waals surface area contributed by atoms with Gasteiger partial charge in [0.25, 0.3) is 0 Å². The van der Waals surface area contributed by atoms with E-state index in [9.17, 15) is 0 Å². The van der Waals surface area contributed by atoms with Crippen molar-refractivity contribution in [2.24, 2.45) is 0 Å². The highest BCUT2D eigenvalue weighted by Gasteiger charge is 2.27. The van der Waals surface area contributed by atoms with Gasteiger partial charge in [0.05, 0.1) is 12.8 Å². The molecule has 0 saturated heterocycles. The smallest absolute Gasteiger partial charge is 0.140 e. The molecular formula is C16H26N2O. The van der Waals surface area contributed by atoms with Gasteiger partial charge in [-0.2, -0.15) is 0 Å². The Kier molecular flexibility index (Phi) is 5.64. The molecule has 0 spiro atoms. The van der Waals surface area contributed by atoms with Crippen molar-refractivity contribution in [2.75, 3.05) is 13.7 Å². The lowest BCUT2D eigenvalue weighted by atomic mass is 9.90. The van der Waals surface area contributed by atoms with Gasteiger partial charge in [0, 0.05) is 18.2 Å². The van der Waals surface area contributed by atoms with Crippen LogP contribution in [0.2, 0.25) is 0 Å². The number of methoxy groups -OCH3 is 1. The van der Waals surface area contributed by atoms with Crippen LogP contribution < -0.4 is 10.1 Å². The molecule has 106 valence electrons. The highest BCUT2D eigenvalue weighted by Crippen LogP contribution is 2.35. The first-order valence-corrected chi connectivity index (χ1v) is 7.59. The van der Waals surface area contributed by atoms with Crippen LogP contribution in [0.15, 0.2) is 18.3 Å². The summed E-state index contributed by atoms with van der Waals surface area (Å²) in [4.78, 5) is 4.61. The molecule has 1 aliphatic rings. The van der Waals surface area contributed by atoms with Crippen LogP contribution in [0.25, 0.3) is 0 Å². The lowest BCUT2D eigenvalue weighted by Gasteiger charge is -2.27. The van der Waals surface area contributed by atoms with Crippen molar-refractivity contribution < 1.29 is 4.74 Å². The monoisotopic (exact) mass is 262 g/mol. The zero-order valence-electron chi connectivity index (χ0n) is 12.2. The predicted octanol–water partition coefficient (Wildman–Crippen LogP) is 3.51. The van der Waals surface area contributed by atoms with Crippen molar-refractivity contribution in [2.45, 2.75) is 57.4 Å². The largest absolute Gasteiger partial charge is 0.495 e. The fourth-order valence-corrected chi connectivity index (χ4v) is 3.06. The lowest BCUT2D eigenvalue weighted by molar-refractivity contribution is 0.369. The van der Waals surface area contributed by atoms with Gasteiger partial charge in [0.1, 0.15) is 5.75 Å². The minimum atomic E-state index is 0.491. The molecule has 1 aromatic rings. The normalized spacial score (nSPS) is 23.9. The molecule has 2 atom stereocenters. The van der Waals surface area contributed by atoms with Gasteiger partial charge in [0.2, 0.25) is 0 Å². The van der Waals surface area contributed by atoms with Gasteiger partial charge in [-0.15, -0.1) is 0 Å². The summed E-state index contributed by atoms with van der Waals surface area (Å²) in [6.45, 7) is 3.32. The van der Waals surface area contributed by atoms with Crippen LogP contribution in [-0.4, -0.2) is 24.7 Å². The van der Waals surface area contributed by atoms with Gasteiger partial charge in [-0.1, -0.05) is 26.2 Å². The van der Waals surface area contributed by atoms with Crippen molar-refractivity contribution in [3.05, 3.63) is 24.0 Å². The van der Waals surface area contributed by atoms with Crippen LogP contribution in [-0.2, 0) is 0 Å². The molecule has 0 aliphatic heterocycles. The Morgan fingerprint density at radius 2 is 2.16 bits per heavy atom. The molecule has 1 saturated carbocycles. The van der Waals surface area contributed by atoms with Crippen molar-refractivity contribution in [1.29, 1.82) is 0 Å². The van der Waals surface area contributed by atoms with Crippen LogP contribution in [0.5, 0.6) is 5.75 Å². The second-order valence-corrected chi connectivity index (χ2v) is 5.40. The Labute approximate surface area is 116 Å². The number of nitrogens with zero attached hydrogens (tertiary/aromatic N) is 1. The number of nitrogens with one attached hydrogen (secondary N) is 1. The van der Waals surface area contributed by atoms with E-state index >= 15 is 0 Å². The molecule has 3 heteroatoms. The van der Waals surface area contributed by atoms with E-state index in [4.69, 9.17) is 4.74 Å². The maximum absolute atomic E-state index is 5.50. The van der Waals surface area contributed by atoms with Gasteiger partial charge in [0.15, 0.2) is 0 Å². The second-order valence-electron chi connectivity index (χ2n) is 5.40. The quantitative estimate of drug-likeness (QED) is 0.825.